The second-order valence-corrected chi connectivity index (χ2v) is 5.11. The molecule has 5 nitrogen and oxygen atoms in total. The Kier molecular flexibility index (Phi) is 5.34. The van der Waals surface area contributed by atoms with Crippen LogP contribution in [0.1, 0.15) is 39.7 Å². The number of anilines is 2. The summed E-state index contributed by atoms with van der Waals surface area (Å²) in [5.41, 5.74) is 3.71. The minimum atomic E-state index is 0.441. The average Bonchev–Trinajstić information content (AvgIpc) is 2.35. The van der Waals surface area contributed by atoms with Crippen molar-refractivity contribution in [1.29, 1.82) is 0 Å². The van der Waals surface area contributed by atoms with Crippen molar-refractivity contribution in [2.45, 2.75) is 46.6 Å². The number of hydrogen-bond acceptors (Lipinski definition) is 5. The number of nitrogens with two attached hydrogens (primary N) is 1. The van der Waals surface area contributed by atoms with Gasteiger partial charge in [0.05, 0.1) is 0 Å². The molecule has 102 valence electrons. The number of hydrazine groups is 1. The molecule has 0 bridgehead atoms. The molecule has 5 heteroatoms. The van der Waals surface area contributed by atoms with Crippen molar-refractivity contribution in [3.05, 3.63) is 11.9 Å². The van der Waals surface area contributed by atoms with Crippen LogP contribution in [-0.4, -0.2) is 23.1 Å². The topological polar surface area (TPSA) is 67.1 Å². The number of rotatable bonds is 6. The lowest BCUT2D eigenvalue weighted by Crippen LogP contribution is -2.32. The summed E-state index contributed by atoms with van der Waals surface area (Å²) < 4.78 is 0. The molecule has 0 saturated heterocycles. The van der Waals surface area contributed by atoms with E-state index in [9.17, 15) is 0 Å². The van der Waals surface area contributed by atoms with Crippen molar-refractivity contribution in [3.8, 4) is 0 Å². The summed E-state index contributed by atoms with van der Waals surface area (Å²) in [5.74, 6) is 7.84. The van der Waals surface area contributed by atoms with E-state index in [0.717, 1.165) is 24.2 Å². The zero-order valence-corrected chi connectivity index (χ0v) is 12.1. The second kappa shape index (κ2) is 6.54. The van der Waals surface area contributed by atoms with E-state index in [2.05, 4.69) is 55.0 Å². The molecule has 18 heavy (non-hydrogen) atoms. The van der Waals surface area contributed by atoms with Crippen molar-refractivity contribution < 1.29 is 0 Å². The first-order valence-electron chi connectivity index (χ1n) is 6.54. The lowest BCUT2D eigenvalue weighted by Gasteiger charge is -2.29. The quantitative estimate of drug-likeness (QED) is 0.599. The van der Waals surface area contributed by atoms with Crippen LogP contribution in [0.15, 0.2) is 6.33 Å². The summed E-state index contributed by atoms with van der Waals surface area (Å²) in [7, 11) is 2.08. The molecular formula is C13H25N5. The van der Waals surface area contributed by atoms with Crippen LogP contribution >= 0.6 is 0 Å². The molecule has 1 unspecified atom stereocenters. The third kappa shape index (κ3) is 3.32. The van der Waals surface area contributed by atoms with E-state index in [-0.39, 0.29) is 0 Å². The molecule has 0 amide bonds. The molecule has 0 radical (unpaired) electrons. The van der Waals surface area contributed by atoms with E-state index in [1.54, 1.807) is 6.33 Å². The lowest BCUT2D eigenvalue weighted by molar-refractivity contribution is 0.501. The first-order chi connectivity index (χ1) is 8.51. The van der Waals surface area contributed by atoms with Gasteiger partial charge in [-0.2, -0.15) is 0 Å². The van der Waals surface area contributed by atoms with Crippen molar-refractivity contribution in [3.63, 3.8) is 0 Å². The van der Waals surface area contributed by atoms with E-state index < -0.39 is 0 Å². The fourth-order valence-electron chi connectivity index (χ4n) is 2.21. The van der Waals surface area contributed by atoms with Crippen molar-refractivity contribution in [1.82, 2.24) is 9.97 Å². The van der Waals surface area contributed by atoms with Crippen LogP contribution in [-0.2, 0) is 6.42 Å². The number of hydrogen-bond donors (Lipinski definition) is 2. The predicted molar refractivity (Wildman–Crippen MR) is 76.5 cm³/mol. The number of aromatic nitrogens is 2. The van der Waals surface area contributed by atoms with Gasteiger partial charge in [0, 0.05) is 18.7 Å². The molecule has 0 aliphatic heterocycles. The largest absolute Gasteiger partial charge is 0.357 e. The molecule has 0 spiro atoms. The molecule has 0 aromatic carbocycles. The summed E-state index contributed by atoms with van der Waals surface area (Å²) >= 11 is 0. The summed E-state index contributed by atoms with van der Waals surface area (Å²) in [6.45, 7) is 8.77. The molecule has 0 aliphatic carbocycles. The second-order valence-electron chi connectivity index (χ2n) is 5.11. The zero-order chi connectivity index (χ0) is 13.7. The van der Waals surface area contributed by atoms with Crippen LogP contribution < -0.4 is 16.2 Å². The normalized spacial score (nSPS) is 12.6. The molecule has 0 fully saturated rings. The molecule has 1 rings (SSSR count). The molecule has 1 heterocycles. The Morgan fingerprint density at radius 2 is 2.00 bits per heavy atom. The maximum absolute atomic E-state index is 5.49. The number of nitrogen functional groups attached to an aromatic ring is 1. The van der Waals surface area contributed by atoms with Crippen molar-refractivity contribution in [2.75, 3.05) is 17.4 Å². The SMILES string of the molecule is CCc1c(NN)ncnc1N(C)C(C)CC(C)C. The van der Waals surface area contributed by atoms with Gasteiger partial charge in [-0.15, -0.1) is 0 Å². The van der Waals surface area contributed by atoms with Gasteiger partial charge >= 0.3 is 0 Å². The van der Waals surface area contributed by atoms with Crippen molar-refractivity contribution in [2.24, 2.45) is 11.8 Å². The highest BCUT2D eigenvalue weighted by molar-refractivity contribution is 5.58. The van der Waals surface area contributed by atoms with Crippen LogP contribution in [0.2, 0.25) is 0 Å². The van der Waals surface area contributed by atoms with E-state index in [1.165, 1.54) is 0 Å². The third-order valence-corrected chi connectivity index (χ3v) is 3.22. The van der Waals surface area contributed by atoms with E-state index >= 15 is 0 Å². The molecule has 0 saturated carbocycles. The fourth-order valence-corrected chi connectivity index (χ4v) is 2.21. The molecule has 1 atom stereocenters. The Balaban J connectivity index is 3.01. The molecule has 1 aromatic rings. The number of nitrogens with zero attached hydrogens (tertiary/aromatic N) is 3. The molecule has 1 aromatic heterocycles. The van der Waals surface area contributed by atoms with E-state index in [4.69, 9.17) is 5.84 Å². The van der Waals surface area contributed by atoms with Gasteiger partial charge in [-0.25, -0.2) is 15.8 Å². The average molecular weight is 251 g/mol. The van der Waals surface area contributed by atoms with Gasteiger partial charge in [0.1, 0.15) is 18.0 Å². The molecule has 3 N–H and O–H groups in total. The Hall–Kier alpha value is -1.36. The Morgan fingerprint density at radius 1 is 1.33 bits per heavy atom. The van der Waals surface area contributed by atoms with Crippen LogP contribution in [0.5, 0.6) is 0 Å². The highest BCUT2D eigenvalue weighted by Gasteiger charge is 2.17. The summed E-state index contributed by atoms with van der Waals surface area (Å²) in [4.78, 5) is 10.8. The number of nitrogens with one attached hydrogen (secondary N) is 1. The lowest BCUT2D eigenvalue weighted by atomic mass is 10.0. The van der Waals surface area contributed by atoms with Crippen molar-refractivity contribution >= 4 is 11.6 Å². The van der Waals surface area contributed by atoms with Crippen LogP contribution in [0.3, 0.4) is 0 Å². The zero-order valence-electron chi connectivity index (χ0n) is 12.1. The van der Waals surface area contributed by atoms with Gasteiger partial charge in [0.25, 0.3) is 0 Å². The van der Waals surface area contributed by atoms with Crippen LogP contribution in [0, 0.1) is 5.92 Å². The smallest absolute Gasteiger partial charge is 0.148 e. The Morgan fingerprint density at radius 3 is 2.50 bits per heavy atom. The van der Waals surface area contributed by atoms with Gasteiger partial charge in [-0.3, -0.25) is 0 Å². The highest BCUT2D eigenvalue weighted by atomic mass is 15.3. The molecular weight excluding hydrogens is 226 g/mol. The van der Waals surface area contributed by atoms with Gasteiger partial charge < -0.3 is 10.3 Å². The maximum Gasteiger partial charge on any atom is 0.148 e. The van der Waals surface area contributed by atoms with E-state index in [1.807, 2.05) is 0 Å². The first-order valence-corrected chi connectivity index (χ1v) is 6.54. The monoisotopic (exact) mass is 251 g/mol. The summed E-state index contributed by atoms with van der Waals surface area (Å²) in [6.07, 6.45) is 3.55. The van der Waals surface area contributed by atoms with Gasteiger partial charge in [0.15, 0.2) is 0 Å². The van der Waals surface area contributed by atoms with Crippen LogP contribution in [0.4, 0.5) is 11.6 Å². The maximum atomic E-state index is 5.49. The van der Waals surface area contributed by atoms with Gasteiger partial charge in [-0.05, 0) is 25.7 Å². The van der Waals surface area contributed by atoms with Crippen LogP contribution in [0.25, 0.3) is 0 Å². The Labute approximate surface area is 110 Å². The third-order valence-electron chi connectivity index (χ3n) is 3.22. The fraction of sp³-hybridized carbons (Fsp3) is 0.692. The standard InChI is InChI=1S/C13H25N5/c1-6-11-12(17-14)15-8-16-13(11)18(5)10(4)7-9(2)3/h8-10H,6-7,14H2,1-5H3,(H,15,16,17). The first kappa shape index (κ1) is 14.7. The highest BCUT2D eigenvalue weighted by Crippen LogP contribution is 2.25. The minimum Gasteiger partial charge on any atom is -0.357 e. The van der Waals surface area contributed by atoms with Gasteiger partial charge in [0.2, 0.25) is 0 Å². The van der Waals surface area contributed by atoms with E-state index in [0.29, 0.717) is 17.8 Å². The summed E-state index contributed by atoms with van der Waals surface area (Å²) in [6, 6.07) is 0.441. The van der Waals surface area contributed by atoms with Gasteiger partial charge in [-0.1, -0.05) is 20.8 Å². The minimum absolute atomic E-state index is 0.441. The molecule has 0 aliphatic rings. The Bertz CT molecular complexity index is 378. The predicted octanol–water partition coefficient (Wildman–Crippen LogP) is 2.20. The summed E-state index contributed by atoms with van der Waals surface area (Å²) in [5, 5.41) is 0.